The maximum absolute atomic E-state index is 5.61. The van der Waals surface area contributed by atoms with Crippen LogP contribution in [-0.2, 0) is 4.74 Å². The number of hydrazine groups is 1. The molecule has 1 aromatic rings. The summed E-state index contributed by atoms with van der Waals surface area (Å²) in [5, 5.41) is 0. The average molecular weight is 252 g/mol. The molecule has 0 saturated heterocycles. The maximum atomic E-state index is 5.61. The van der Waals surface area contributed by atoms with Crippen LogP contribution in [0, 0.1) is 0 Å². The zero-order valence-corrected chi connectivity index (χ0v) is 11.6. The Morgan fingerprint density at radius 1 is 1.17 bits per heavy atom. The van der Waals surface area contributed by atoms with Gasteiger partial charge in [0.25, 0.3) is 0 Å². The highest BCUT2D eigenvalue weighted by atomic mass is 16.5. The highest BCUT2D eigenvalue weighted by molar-refractivity contribution is 5.29. The topological polar surface area (TPSA) is 56.5 Å². The summed E-state index contributed by atoms with van der Waals surface area (Å²) in [5.41, 5.74) is 3.96. The van der Waals surface area contributed by atoms with Crippen molar-refractivity contribution in [2.24, 2.45) is 5.84 Å². The van der Waals surface area contributed by atoms with E-state index in [9.17, 15) is 0 Å². The largest absolute Gasteiger partial charge is 0.491 e. The predicted octanol–water partition coefficient (Wildman–Crippen LogP) is 2.40. The molecule has 0 aliphatic heterocycles. The van der Waals surface area contributed by atoms with Crippen molar-refractivity contribution < 1.29 is 9.47 Å². The molecule has 102 valence electrons. The van der Waals surface area contributed by atoms with Gasteiger partial charge in [-0.15, -0.1) is 0 Å². The van der Waals surface area contributed by atoms with Crippen LogP contribution in [0.25, 0.3) is 0 Å². The first-order valence-corrected chi connectivity index (χ1v) is 6.32. The normalized spacial score (nSPS) is 14.6. The second-order valence-electron chi connectivity index (χ2n) is 4.74. The molecule has 1 rings (SSSR count). The number of rotatable bonds is 7. The van der Waals surface area contributed by atoms with Crippen LogP contribution < -0.4 is 16.0 Å². The summed E-state index contributed by atoms with van der Waals surface area (Å²) < 4.78 is 10.9. The van der Waals surface area contributed by atoms with E-state index in [2.05, 4.69) is 5.43 Å². The van der Waals surface area contributed by atoms with Gasteiger partial charge in [-0.3, -0.25) is 11.3 Å². The lowest BCUT2D eigenvalue weighted by Gasteiger charge is -2.20. The zero-order chi connectivity index (χ0) is 13.5. The van der Waals surface area contributed by atoms with E-state index in [1.165, 1.54) is 0 Å². The maximum Gasteiger partial charge on any atom is 0.119 e. The molecule has 2 unspecified atom stereocenters. The van der Waals surface area contributed by atoms with Gasteiger partial charge in [0.15, 0.2) is 0 Å². The van der Waals surface area contributed by atoms with Gasteiger partial charge in [-0.25, -0.2) is 0 Å². The van der Waals surface area contributed by atoms with E-state index in [-0.39, 0.29) is 18.2 Å². The fraction of sp³-hybridized carbons (Fsp3) is 0.571. The van der Waals surface area contributed by atoms with Crippen LogP contribution in [0.4, 0.5) is 0 Å². The van der Waals surface area contributed by atoms with Gasteiger partial charge >= 0.3 is 0 Å². The first-order chi connectivity index (χ1) is 8.56. The first-order valence-electron chi connectivity index (χ1n) is 6.32. The summed E-state index contributed by atoms with van der Waals surface area (Å²) in [6, 6.07) is 8.09. The van der Waals surface area contributed by atoms with Crippen molar-refractivity contribution in [3.8, 4) is 5.75 Å². The van der Waals surface area contributed by atoms with Gasteiger partial charge < -0.3 is 9.47 Å². The molecule has 0 aliphatic carbocycles. The highest BCUT2D eigenvalue weighted by Crippen LogP contribution is 2.22. The third kappa shape index (κ3) is 4.64. The number of nitrogens with two attached hydrogens (primary N) is 1. The molecule has 0 saturated carbocycles. The van der Waals surface area contributed by atoms with Crippen molar-refractivity contribution in [1.29, 1.82) is 0 Å². The molecule has 4 nitrogen and oxygen atoms in total. The third-order valence-corrected chi connectivity index (χ3v) is 2.83. The molecule has 1 aromatic carbocycles. The Morgan fingerprint density at radius 2 is 1.78 bits per heavy atom. The van der Waals surface area contributed by atoms with Crippen molar-refractivity contribution in [2.75, 3.05) is 7.11 Å². The second kappa shape index (κ2) is 7.36. The van der Waals surface area contributed by atoms with Crippen LogP contribution in [0.5, 0.6) is 5.75 Å². The van der Waals surface area contributed by atoms with Gasteiger partial charge in [0.2, 0.25) is 0 Å². The first kappa shape index (κ1) is 15.0. The van der Waals surface area contributed by atoms with Gasteiger partial charge in [-0.2, -0.15) is 0 Å². The Bertz CT molecular complexity index is 338. The standard InChI is InChI=1S/C14H24N2O2/c1-10(2)18-13-7-5-12(6-8-13)14(16-15)9-11(3)17-4/h5-8,10-11,14,16H,9,15H2,1-4H3. The van der Waals surface area contributed by atoms with E-state index in [4.69, 9.17) is 15.3 Å². The van der Waals surface area contributed by atoms with Crippen molar-refractivity contribution in [3.63, 3.8) is 0 Å². The molecule has 4 heteroatoms. The second-order valence-corrected chi connectivity index (χ2v) is 4.74. The minimum atomic E-state index is 0.0908. The molecule has 3 N–H and O–H groups in total. The molecule has 0 spiro atoms. The highest BCUT2D eigenvalue weighted by Gasteiger charge is 2.13. The Hall–Kier alpha value is -1.10. The lowest BCUT2D eigenvalue weighted by Crippen LogP contribution is -2.30. The Labute approximate surface area is 109 Å². The fourth-order valence-corrected chi connectivity index (χ4v) is 1.78. The van der Waals surface area contributed by atoms with Crippen molar-refractivity contribution in [2.45, 2.75) is 45.4 Å². The van der Waals surface area contributed by atoms with Crippen LogP contribution in [0.2, 0.25) is 0 Å². The smallest absolute Gasteiger partial charge is 0.119 e. The van der Waals surface area contributed by atoms with Crippen LogP contribution >= 0.6 is 0 Å². The molecule has 0 fully saturated rings. The molecular formula is C14H24N2O2. The third-order valence-electron chi connectivity index (χ3n) is 2.83. The fourth-order valence-electron chi connectivity index (χ4n) is 1.78. The lowest BCUT2D eigenvalue weighted by atomic mass is 10.0. The summed E-state index contributed by atoms with van der Waals surface area (Å²) >= 11 is 0. The van der Waals surface area contributed by atoms with E-state index in [0.717, 1.165) is 17.7 Å². The Kier molecular flexibility index (Phi) is 6.12. The van der Waals surface area contributed by atoms with Gasteiger partial charge in [0.1, 0.15) is 5.75 Å². The quantitative estimate of drug-likeness (QED) is 0.578. The number of hydrogen-bond acceptors (Lipinski definition) is 4. The summed E-state index contributed by atoms with van der Waals surface area (Å²) in [5.74, 6) is 6.47. The van der Waals surface area contributed by atoms with Gasteiger partial charge in [-0.05, 0) is 44.9 Å². The van der Waals surface area contributed by atoms with Crippen LogP contribution in [-0.4, -0.2) is 19.3 Å². The van der Waals surface area contributed by atoms with Crippen LogP contribution in [0.3, 0.4) is 0 Å². The van der Waals surface area contributed by atoms with E-state index in [1.54, 1.807) is 7.11 Å². The monoisotopic (exact) mass is 252 g/mol. The molecule has 18 heavy (non-hydrogen) atoms. The molecule has 2 atom stereocenters. The van der Waals surface area contributed by atoms with E-state index >= 15 is 0 Å². The van der Waals surface area contributed by atoms with Gasteiger partial charge in [-0.1, -0.05) is 12.1 Å². The van der Waals surface area contributed by atoms with Crippen LogP contribution in [0.1, 0.15) is 38.8 Å². The summed E-state index contributed by atoms with van der Waals surface area (Å²) in [7, 11) is 1.71. The number of nitrogens with one attached hydrogen (secondary N) is 1. The van der Waals surface area contributed by atoms with Gasteiger partial charge in [0.05, 0.1) is 12.2 Å². The van der Waals surface area contributed by atoms with E-state index < -0.39 is 0 Å². The number of methoxy groups -OCH3 is 1. The molecule has 0 heterocycles. The zero-order valence-electron chi connectivity index (χ0n) is 11.6. The minimum absolute atomic E-state index is 0.0908. The molecule has 0 aliphatic rings. The summed E-state index contributed by atoms with van der Waals surface area (Å²) in [6.07, 6.45) is 1.18. The number of ether oxygens (including phenoxy) is 2. The van der Waals surface area contributed by atoms with Crippen molar-refractivity contribution in [3.05, 3.63) is 29.8 Å². The average Bonchev–Trinajstić information content (AvgIpc) is 2.36. The van der Waals surface area contributed by atoms with Crippen molar-refractivity contribution in [1.82, 2.24) is 5.43 Å². The van der Waals surface area contributed by atoms with E-state index in [1.807, 2.05) is 45.0 Å². The lowest BCUT2D eigenvalue weighted by molar-refractivity contribution is 0.100. The summed E-state index contributed by atoms with van der Waals surface area (Å²) in [6.45, 7) is 6.05. The van der Waals surface area contributed by atoms with E-state index in [0.29, 0.717) is 0 Å². The van der Waals surface area contributed by atoms with Crippen LogP contribution in [0.15, 0.2) is 24.3 Å². The summed E-state index contributed by atoms with van der Waals surface area (Å²) in [4.78, 5) is 0. The molecule has 0 radical (unpaired) electrons. The minimum Gasteiger partial charge on any atom is -0.491 e. The molecule has 0 amide bonds. The molecular weight excluding hydrogens is 228 g/mol. The SMILES string of the molecule is COC(C)CC(NN)c1ccc(OC(C)C)cc1. The van der Waals surface area contributed by atoms with Crippen molar-refractivity contribution >= 4 is 0 Å². The number of hydrogen-bond donors (Lipinski definition) is 2. The van der Waals surface area contributed by atoms with Gasteiger partial charge in [0, 0.05) is 13.2 Å². The Morgan fingerprint density at radius 3 is 2.22 bits per heavy atom. The Balaban J connectivity index is 2.69. The molecule has 0 aromatic heterocycles. The number of benzene rings is 1. The predicted molar refractivity (Wildman–Crippen MR) is 73.4 cm³/mol. The molecule has 0 bridgehead atoms.